The Hall–Kier alpha value is -3.02. The molecule has 0 saturated carbocycles. The van der Waals surface area contributed by atoms with Crippen LogP contribution < -0.4 is 11.1 Å². The predicted octanol–water partition coefficient (Wildman–Crippen LogP) is 4.43. The van der Waals surface area contributed by atoms with Gasteiger partial charge in [0, 0.05) is 23.7 Å². The van der Waals surface area contributed by atoms with Crippen LogP contribution in [0.2, 0.25) is 0 Å². The van der Waals surface area contributed by atoms with Crippen molar-refractivity contribution in [2.75, 3.05) is 12.3 Å². The standard InChI is InChI=1S/C19H19FN4O.C2H6/c1-11(2)9-23-19(25)15-10-22-18(21)17-14(15)6-7-16(24-17)12-4-3-5-13(20)8-12;1-2/h3-8,10-11H,9H2,1-2H3,(H2,21,22)(H,23,25);1-2H3. The van der Waals surface area contributed by atoms with E-state index in [9.17, 15) is 9.18 Å². The molecule has 0 aliphatic carbocycles. The summed E-state index contributed by atoms with van der Waals surface area (Å²) < 4.78 is 13.4. The lowest BCUT2D eigenvalue weighted by molar-refractivity contribution is 0.0950. The van der Waals surface area contributed by atoms with Crippen LogP contribution in [0.25, 0.3) is 22.2 Å². The maximum absolute atomic E-state index is 13.4. The molecule has 1 aromatic carbocycles. The Morgan fingerprint density at radius 2 is 1.96 bits per heavy atom. The van der Waals surface area contributed by atoms with Crippen LogP contribution in [0, 0.1) is 11.7 Å². The third kappa shape index (κ3) is 4.78. The van der Waals surface area contributed by atoms with Gasteiger partial charge in [-0.25, -0.2) is 14.4 Å². The van der Waals surface area contributed by atoms with E-state index in [-0.39, 0.29) is 17.5 Å². The molecule has 0 unspecified atom stereocenters. The quantitative estimate of drug-likeness (QED) is 0.714. The Morgan fingerprint density at radius 1 is 1.22 bits per heavy atom. The molecule has 3 aromatic rings. The van der Waals surface area contributed by atoms with Gasteiger partial charge in [-0.05, 0) is 30.2 Å². The first-order chi connectivity index (χ1) is 13.0. The largest absolute Gasteiger partial charge is 0.382 e. The molecule has 3 N–H and O–H groups in total. The number of nitrogens with zero attached hydrogens (tertiary/aromatic N) is 2. The molecular formula is C21H25FN4O. The Kier molecular flexibility index (Phi) is 6.82. The summed E-state index contributed by atoms with van der Waals surface area (Å²) in [5, 5.41) is 3.49. The molecule has 0 atom stereocenters. The zero-order valence-electron chi connectivity index (χ0n) is 16.1. The van der Waals surface area contributed by atoms with Gasteiger partial charge in [0.2, 0.25) is 0 Å². The number of carbonyl (C=O) groups is 1. The van der Waals surface area contributed by atoms with Crippen molar-refractivity contribution in [1.82, 2.24) is 15.3 Å². The first kappa shape index (κ1) is 20.3. The van der Waals surface area contributed by atoms with Crippen molar-refractivity contribution in [2.24, 2.45) is 5.92 Å². The van der Waals surface area contributed by atoms with Gasteiger partial charge in [-0.3, -0.25) is 4.79 Å². The lowest BCUT2D eigenvalue weighted by Crippen LogP contribution is -2.27. The van der Waals surface area contributed by atoms with Crippen molar-refractivity contribution in [2.45, 2.75) is 27.7 Å². The highest BCUT2D eigenvalue weighted by Crippen LogP contribution is 2.26. The van der Waals surface area contributed by atoms with Crippen LogP contribution in [0.5, 0.6) is 0 Å². The van der Waals surface area contributed by atoms with Crippen LogP contribution in [-0.4, -0.2) is 22.4 Å². The SMILES string of the molecule is CC.CC(C)CNC(=O)c1cnc(N)c2nc(-c3cccc(F)c3)ccc12. The average Bonchev–Trinajstić information content (AvgIpc) is 2.68. The van der Waals surface area contributed by atoms with Crippen molar-refractivity contribution < 1.29 is 9.18 Å². The molecule has 6 heteroatoms. The minimum absolute atomic E-state index is 0.216. The Morgan fingerprint density at radius 3 is 2.63 bits per heavy atom. The normalized spacial score (nSPS) is 10.4. The highest BCUT2D eigenvalue weighted by Gasteiger charge is 2.15. The van der Waals surface area contributed by atoms with Gasteiger partial charge in [0.15, 0.2) is 0 Å². The van der Waals surface area contributed by atoms with Gasteiger partial charge in [0.25, 0.3) is 5.91 Å². The van der Waals surface area contributed by atoms with E-state index in [1.807, 2.05) is 27.7 Å². The molecule has 1 amide bonds. The van der Waals surface area contributed by atoms with Crippen LogP contribution in [-0.2, 0) is 0 Å². The Balaban J connectivity index is 0.00000126. The van der Waals surface area contributed by atoms with Crippen molar-refractivity contribution >= 4 is 22.6 Å². The highest BCUT2D eigenvalue weighted by atomic mass is 19.1. The number of hydrogen-bond acceptors (Lipinski definition) is 4. The molecule has 5 nitrogen and oxygen atoms in total. The fourth-order valence-corrected chi connectivity index (χ4v) is 2.52. The molecule has 0 saturated heterocycles. The topological polar surface area (TPSA) is 80.9 Å². The number of amides is 1. The van der Waals surface area contributed by atoms with E-state index in [4.69, 9.17) is 5.73 Å². The summed E-state index contributed by atoms with van der Waals surface area (Å²) in [7, 11) is 0. The van der Waals surface area contributed by atoms with E-state index < -0.39 is 0 Å². The molecule has 2 heterocycles. The fraction of sp³-hybridized carbons (Fsp3) is 0.286. The van der Waals surface area contributed by atoms with Crippen molar-refractivity contribution in [1.29, 1.82) is 0 Å². The lowest BCUT2D eigenvalue weighted by Gasteiger charge is -2.11. The van der Waals surface area contributed by atoms with Crippen LogP contribution in [0.1, 0.15) is 38.1 Å². The highest BCUT2D eigenvalue weighted by molar-refractivity contribution is 6.08. The number of fused-ring (bicyclic) bond motifs is 1. The number of aromatic nitrogens is 2. The van der Waals surface area contributed by atoms with E-state index in [2.05, 4.69) is 15.3 Å². The van der Waals surface area contributed by atoms with E-state index in [0.717, 1.165) is 0 Å². The van der Waals surface area contributed by atoms with E-state index >= 15 is 0 Å². The molecule has 0 fully saturated rings. The fourth-order valence-electron chi connectivity index (χ4n) is 2.52. The zero-order valence-corrected chi connectivity index (χ0v) is 16.1. The molecule has 2 aromatic heterocycles. The van der Waals surface area contributed by atoms with Crippen LogP contribution in [0.4, 0.5) is 10.2 Å². The van der Waals surface area contributed by atoms with Gasteiger partial charge in [0.05, 0.1) is 11.3 Å². The second kappa shape index (κ2) is 9.07. The second-order valence-corrected chi connectivity index (χ2v) is 6.26. The van der Waals surface area contributed by atoms with E-state index in [1.165, 1.54) is 18.3 Å². The number of anilines is 1. The Labute approximate surface area is 158 Å². The summed E-state index contributed by atoms with van der Waals surface area (Å²) in [6.07, 6.45) is 1.46. The second-order valence-electron chi connectivity index (χ2n) is 6.26. The molecule has 0 aliphatic rings. The summed E-state index contributed by atoms with van der Waals surface area (Å²) >= 11 is 0. The number of hydrogen-bond donors (Lipinski definition) is 2. The van der Waals surface area contributed by atoms with Crippen molar-refractivity contribution in [3.05, 3.63) is 54.0 Å². The first-order valence-electron chi connectivity index (χ1n) is 9.05. The number of halogens is 1. The molecule has 142 valence electrons. The first-order valence-corrected chi connectivity index (χ1v) is 9.05. The van der Waals surface area contributed by atoms with Crippen LogP contribution in [0.3, 0.4) is 0 Å². The maximum atomic E-state index is 13.4. The minimum Gasteiger partial charge on any atom is -0.382 e. The molecule has 3 rings (SSSR count). The van der Waals surface area contributed by atoms with Crippen LogP contribution in [0.15, 0.2) is 42.6 Å². The number of nitrogens with two attached hydrogens (primary N) is 1. The summed E-state index contributed by atoms with van der Waals surface area (Å²) in [6, 6.07) is 9.67. The number of benzene rings is 1. The summed E-state index contributed by atoms with van der Waals surface area (Å²) in [4.78, 5) is 21.0. The van der Waals surface area contributed by atoms with Gasteiger partial charge < -0.3 is 11.1 Å². The van der Waals surface area contributed by atoms with Gasteiger partial charge in [-0.1, -0.05) is 39.8 Å². The smallest absolute Gasteiger partial charge is 0.253 e. The number of nitrogens with one attached hydrogen (secondary N) is 1. The van der Waals surface area contributed by atoms with Gasteiger partial charge in [0.1, 0.15) is 17.2 Å². The predicted molar refractivity (Wildman–Crippen MR) is 108 cm³/mol. The monoisotopic (exact) mass is 368 g/mol. The summed E-state index contributed by atoms with van der Waals surface area (Å²) in [6.45, 7) is 8.61. The molecule has 0 aliphatic heterocycles. The van der Waals surface area contributed by atoms with Gasteiger partial charge in [-0.2, -0.15) is 0 Å². The van der Waals surface area contributed by atoms with Crippen molar-refractivity contribution in [3.63, 3.8) is 0 Å². The molecule has 0 radical (unpaired) electrons. The average molecular weight is 368 g/mol. The van der Waals surface area contributed by atoms with Gasteiger partial charge in [-0.15, -0.1) is 0 Å². The molecular weight excluding hydrogens is 343 g/mol. The number of nitrogen functional groups attached to an aromatic ring is 1. The summed E-state index contributed by atoms with van der Waals surface area (Å²) in [5.74, 6) is 0.0159. The third-order valence-electron chi connectivity index (χ3n) is 3.80. The zero-order chi connectivity index (χ0) is 20.0. The number of pyridine rings is 2. The van der Waals surface area contributed by atoms with Gasteiger partial charge >= 0.3 is 0 Å². The lowest BCUT2D eigenvalue weighted by atomic mass is 10.1. The molecule has 0 bridgehead atoms. The molecule has 27 heavy (non-hydrogen) atoms. The minimum atomic E-state index is -0.340. The maximum Gasteiger partial charge on any atom is 0.253 e. The van der Waals surface area contributed by atoms with Crippen LogP contribution >= 0.6 is 0 Å². The van der Waals surface area contributed by atoms with Crippen molar-refractivity contribution in [3.8, 4) is 11.3 Å². The third-order valence-corrected chi connectivity index (χ3v) is 3.80. The Bertz CT molecular complexity index is 941. The summed E-state index contributed by atoms with van der Waals surface area (Å²) in [5.41, 5.74) is 8.00. The van der Waals surface area contributed by atoms with E-state index in [0.29, 0.717) is 40.2 Å². The number of carbonyl (C=O) groups excluding carboxylic acids is 1. The van der Waals surface area contributed by atoms with E-state index in [1.54, 1.807) is 24.3 Å². The number of rotatable bonds is 4. The molecule has 0 spiro atoms.